The topological polar surface area (TPSA) is 75.4 Å². The number of carbonyl (C=O) groups excluding carboxylic acids is 2. The van der Waals surface area contributed by atoms with Gasteiger partial charge in [-0.1, -0.05) is 12.1 Å². The maximum atomic E-state index is 13.8. The molecule has 2 bridgehead atoms. The van der Waals surface area contributed by atoms with Crippen LogP contribution in [0.4, 0.5) is 4.39 Å². The zero-order valence-corrected chi connectivity index (χ0v) is 14.9. The summed E-state index contributed by atoms with van der Waals surface area (Å²) in [6, 6.07) is 6.13. The lowest BCUT2D eigenvalue weighted by Gasteiger charge is -2.34. The van der Waals surface area contributed by atoms with Gasteiger partial charge < -0.3 is 16.0 Å². The van der Waals surface area contributed by atoms with E-state index in [2.05, 4.69) is 5.32 Å². The number of halogens is 1. The number of rotatable bonds is 3. The number of nitrogens with zero attached hydrogens (tertiary/aromatic N) is 1. The average Bonchev–Trinajstić information content (AvgIpc) is 3.23. The fourth-order valence-electron chi connectivity index (χ4n) is 5.05. The van der Waals surface area contributed by atoms with Crippen molar-refractivity contribution >= 4 is 11.8 Å². The molecule has 1 aromatic carbocycles. The van der Waals surface area contributed by atoms with Crippen LogP contribution < -0.4 is 11.1 Å². The van der Waals surface area contributed by atoms with Crippen molar-refractivity contribution < 1.29 is 14.0 Å². The summed E-state index contributed by atoms with van der Waals surface area (Å²) in [7, 11) is 0. The minimum absolute atomic E-state index is 0.00327. The Bertz CT molecular complexity index is 700. The van der Waals surface area contributed by atoms with Crippen LogP contribution in [0, 0.1) is 23.6 Å². The molecule has 2 aliphatic carbocycles. The van der Waals surface area contributed by atoms with E-state index in [9.17, 15) is 14.0 Å². The van der Waals surface area contributed by atoms with Gasteiger partial charge in [-0.05, 0) is 56.1 Å². The van der Waals surface area contributed by atoms with Crippen molar-refractivity contribution in [3.63, 3.8) is 0 Å². The molecule has 1 aromatic rings. The summed E-state index contributed by atoms with van der Waals surface area (Å²) in [5.74, 6) is 0.227. The third-order valence-corrected chi connectivity index (χ3v) is 6.52. The molecule has 26 heavy (non-hydrogen) atoms. The highest BCUT2D eigenvalue weighted by Gasteiger charge is 2.49. The molecule has 5 nitrogen and oxygen atoms in total. The Balaban J connectivity index is 1.31. The quantitative estimate of drug-likeness (QED) is 0.866. The van der Waals surface area contributed by atoms with Crippen molar-refractivity contribution in [2.75, 3.05) is 13.1 Å². The second-order valence-electron chi connectivity index (χ2n) is 7.99. The second-order valence-corrected chi connectivity index (χ2v) is 7.99. The molecule has 2 saturated carbocycles. The van der Waals surface area contributed by atoms with E-state index in [0.717, 1.165) is 19.3 Å². The smallest absolute Gasteiger partial charge is 0.256 e. The van der Waals surface area contributed by atoms with Gasteiger partial charge in [-0.15, -0.1) is 0 Å². The normalized spacial score (nSPS) is 31.2. The number of hydrogen-bond donors (Lipinski definition) is 2. The van der Waals surface area contributed by atoms with Gasteiger partial charge in [0.2, 0.25) is 5.91 Å². The zero-order valence-electron chi connectivity index (χ0n) is 14.9. The van der Waals surface area contributed by atoms with Gasteiger partial charge in [0.25, 0.3) is 5.91 Å². The largest absolute Gasteiger partial charge is 0.353 e. The monoisotopic (exact) mass is 359 g/mol. The summed E-state index contributed by atoms with van der Waals surface area (Å²) in [6.07, 6.45) is 4.76. The van der Waals surface area contributed by atoms with Crippen LogP contribution in [0.3, 0.4) is 0 Å². The van der Waals surface area contributed by atoms with Crippen LogP contribution >= 0.6 is 0 Å². The van der Waals surface area contributed by atoms with Gasteiger partial charge in [0.1, 0.15) is 5.82 Å². The summed E-state index contributed by atoms with van der Waals surface area (Å²) < 4.78 is 13.8. The van der Waals surface area contributed by atoms with Gasteiger partial charge in [0.15, 0.2) is 0 Å². The lowest BCUT2D eigenvalue weighted by Crippen LogP contribution is -2.51. The standard InChI is InChI=1S/C20H26FN3O2/c21-16-4-2-1-3-15(16)20(26)24-9-7-14(8-10-24)23-19(25)17-12-5-6-13(11-12)18(17)22/h1-4,12-14,17-18H,5-11,22H2,(H,23,25). The Morgan fingerprint density at radius 3 is 2.42 bits per heavy atom. The first-order chi connectivity index (χ1) is 12.5. The summed E-state index contributed by atoms with van der Waals surface area (Å²) in [6.45, 7) is 1.06. The highest BCUT2D eigenvalue weighted by molar-refractivity contribution is 5.94. The van der Waals surface area contributed by atoms with Crippen LogP contribution in [0.5, 0.6) is 0 Å². The van der Waals surface area contributed by atoms with Gasteiger partial charge in [0.05, 0.1) is 11.5 Å². The highest BCUT2D eigenvalue weighted by atomic mass is 19.1. The maximum absolute atomic E-state index is 13.8. The highest BCUT2D eigenvalue weighted by Crippen LogP contribution is 2.47. The van der Waals surface area contributed by atoms with E-state index >= 15 is 0 Å². The molecule has 0 aromatic heterocycles. The number of fused-ring (bicyclic) bond motifs is 2. The predicted octanol–water partition coefficient (Wildman–Crippen LogP) is 1.92. The summed E-state index contributed by atoms with van der Waals surface area (Å²) in [4.78, 5) is 26.8. The molecular formula is C20H26FN3O2. The summed E-state index contributed by atoms with van der Waals surface area (Å²) in [5, 5.41) is 3.16. The number of amides is 2. The average molecular weight is 359 g/mol. The molecule has 0 spiro atoms. The van der Waals surface area contributed by atoms with E-state index in [1.165, 1.54) is 12.1 Å². The molecule has 1 saturated heterocycles. The molecule has 2 amide bonds. The SMILES string of the molecule is NC1C2CCC(C2)C1C(=O)NC1CCN(C(=O)c2ccccc2F)CC1. The molecular weight excluding hydrogens is 333 g/mol. The van der Waals surface area contributed by atoms with Gasteiger partial charge in [-0.3, -0.25) is 9.59 Å². The van der Waals surface area contributed by atoms with Crippen LogP contribution in [-0.2, 0) is 4.79 Å². The Morgan fingerprint density at radius 2 is 1.77 bits per heavy atom. The molecule has 4 atom stereocenters. The van der Waals surface area contributed by atoms with Crippen LogP contribution in [0.25, 0.3) is 0 Å². The number of benzene rings is 1. The van der Waals surface area contributed by atoms with Gasteiger partial charge in [-0.25, -0.2) is 4.39 Å². The van der Waals surface area contributed by atoms with Crippen LogP contribution in [-0.4, -0.2) is 41.9 Å². The number of likely N-dealkylation sites (tertiary alicyclic amines) is 1. The fraction of sp³-hybridized carbons (Fsp3) is 0.600. The first-order valence-electron chi connectivity index (χ1n) is 9.64. The van der Waals surface area contributed by atoms with Crippen molar-refractivity contribution in [1.82, 2.24) is 10.2 Å². The lowest BCUT2D eigenvalue weighted by atomic mass is 9.84. The molecule has 6 heteroatoms. The Kier molecular flexibility index (Phi) is 4.69. The van der Waals surface area contributed by atoms with E-state index in [1.807, 2.05) is 0 Å². The third-order valence-electron chi connectivity index (χ3n) is 6.52. The fourth-order valence-corrected chi connectivity index (χ4v) is 5.05. The van der Waals surface area contributed by atoms with E-state index in [4.69, 9.17) is 5.73 Å². The number of nitrogens with one attached hydrogen (secondary N) is 1. The number of carbonyl (C=O) groups is 2. The van der Waals surface area contributed by atoms with Crippen molar-refractivity contribution in [2.24, 2.45) is 23.5 Å². The zero-order chi connectivity index (χ0) is 18.3. The molecule has 0 radical (unpaired) electrons. The van der Waals surface area contributed by atoms with Crippen molar-refractivity contribution in [2.45, 2.75) is 44.2 Å². The van der Waals surface area contributed by atoms with E-state index in [1.54, 1.807) is 17.0 Å². The van der Waals surface area contributed by atoms with Crippen molar-refractivity contribution in [1.29, 1.82) is 0 Å². The Hall–Kier alpha value is -1.95. The summed E-state index contributed by atoms with van der Waals surface area (Å²) >= 11 is 0. The minimum atomic E-state index is -0.488. The molecule has 140 valence electrons. The first kappa shape index (κ1) is 17.5. The van der Waals surface area contributed by atoms with Crippen molar-refractivity contribution in [3.05, 3.63) is 35.6 Å². The van der Waals surface area contributed by atoms with Gasteiger partial charge >= 0.3 is 0 Å². The number of hydrogen-bond acceptors (Lipinski definition) is 3. The molecule has 1 aliphatic heterocycles. The van der Waals surface area contributed by atoms with Crippen LogP contribution in [0.1, 0.15) is 42.5 Å². The summed E-state index contributed by atoms with van der Waals surface area (Å²) in [5.41, 5.74) is 6.38. The maximum Gasteiger partial charge on any atom is 0.256 e. The minimum Gasteiger partial charge on any atom is -0.353 e. The molecule has 4 rings (SSSR count). The molecule has 1 heterocycles. The van der Waals surface area contributed by atoms with Gasteiger partial charge in [0, 0.05) is 25.2 Å². The lowest BCUT2D eigenvalue weighted by molar-refractivity contribution is -0.128. The van der Waals surface area contributed by atoms with E-state index in [-0.39, 0.29) is 35.4 Å². The second kappa shape index (κ2) is 6.99. The number of piperidine rings is 1. The predicted molar refractivity (Wildman–Crippen MR) is 95.8 cm³/mol. The molecule has 3 aliphatic rings. The molecule has 4 unspecified atom stereocenters. The van der Waals surface area contributed by atoms with Crippen LogP contribution in [0.15, 0.2) is 24.3 Å². The van der Waals surface area contributed by atoms with E-state index in [0.29, 0.717) is 37.8 Å². The van der Waals surface area contributed by atoms with E-state index < -0.39 is 5.82 Å². The number of nitrogens with two attached hydrogens (primary N) is 1. The Morgan fingerprint density at radius 1 is 1.08 bits per heavy atom. The van der Waals surface area contributed by atoms with Crippen LogP contribution in [0.2, 0.25) is 0 Å². The Labute approximate surface area is 153 Å². The van der Waals surface area contributed by atoms with Gasteiger partial charge in [-0.2, -0.15) is 0 Å². The molecule has 3 fully saturated rings. The van der Waals surface area contributed by atoms with Crippen molar-refractivity contribution in [3.8, 4) is 0 Å². The first-order valence-corrected chi connectivity index (χ1v) is 9.64. The third kappa shape index (κ3) is 3.11. The molecule has 3 N–H and O–H groups in total.